The first-order valence-corrected chi connectivity index (χ1v) is 12.2. The zero-order chi connectivity index (χ0) is 22.1. The lowest BCUT2D eigenvalue weighted by Crippen LogP contribution is -2.39. The van der Waals surface area contributed by atoms with E-state index in [1.54, 1.807) is 12.1 Å². The van der Waals surface area contributed by atoms with Gasteiger partial charge >= 0.3 is 0 Å². The maximum atomic E-state index is 13.7. The highest BCUT2D eigenvalue weighted by Gasteiger charge is 2.33. The van der Waals surface area contributed by atoms with Crippen LogP contribution in [-0.2, 0) is 17.6 Å². The van der Waals surface area contributed by atoms with E-state index in [4.69, 9.17) is 14.7 Å². The van der Waals surface area contributed by atoms with Crippen molar-refractivity contribution < 1.29 is 13.7 Å². The Morgan fingerprint density at radius 1 is 1.12 bits per heavy atom. The number of aromatic nitrogens is 2. The van der Waals surface area contributed by atoms with Gasteiger partial charge in [0.25, 0.3) is 0 Å². The van der Waals surface area contributed by atoms with E-state index in [0.29, 0.717) is 34.5 Å². The van der Waals surface area contributed by atoms with E-state index in [0.717, 1.165) is 37.4 Å². The maximum absolute atomic E-state index is 13.7. The lowest BCUT2D eigenvalue weighted by atomic mass is 10.1. The maximum Gasteiger partial charge on any atom is 0.227 e. The molecule has 1 N–H and O–H groups in total. The molecule has 1 atom stereocenters. The summed E-state index contributed by atoms with van der Waals surface area (Å²) in [7, 11) is 0. The Morgan fingerprint density at radius 2 is 1.91 bits per heavy atom. The SMILES string of the molecule is Cc1ccc(OC2CCN(c3nc4c(c(Nc5cccc(F)c5)n3)[S+]([O-])CC4)CC2)cc1. The summed E-state index contributed by atoms with van der Waals surface area (Å²) in [6, 6.07) is 14.3. The summed E-state index contributed by atoms with van der Waals surface area (Å²) in [4.78, 5) is 12.2. The van der Waals surface area contributed by atoms with Crippen molar-refractivity contribution in [1.29, 1.82) is 0 Å². The average molecular weight is 453 g/mol. The summed E-state index contributed by atoms with van der Waals surface area (Å²) in [5.41, 5.74) is 2.60. The van der Waals surface area contributed by atoms with Crippen molar-refractivity contribution >= 4 is 28.6 Å². The molecule has 0 spiro atoms. The number of benzene rings is 2. The lowest BCUT2D eigenvalue weighted by Gasteiger charge is -2.32. The van der Waals surface area contributed by atoms with Gasteiger partial charge < -0.3 is 19.5 Å². The number of aryl methyl sites for hydroxylation is 2. The first-order valence-electron chi connectivity index (χ1n) is 10.9. The Balaban J connectivity index is 1.32. The molecule has 2 aliphatic heterocycles. The number of nitrogens with one attached hydrogen (secondary N) is 1. The van der Waals surface area contributed by atoms with E-state index in [2.05, 4.69) is 29.3 Å². The first-order chi connectivity index (χ1) is 15.5. The van der Waals surface area contributed by atoms with Crippen LogP contribution in [0.15, 0.2) is 53.4 Å². The van der Waals surface area contributed by atoms with Crippen molar-refractivity contribution in [2.45, 2.75) is 37.2 Å². The van der Waals surface area contributed by atoms with Crippen LogP contribution in [0.5, 0.6) is 5.75 Å². The highest BCUT2D eigenvalue weighted by Crippen LogP contribution is 2.34. The molecule has 0 radical (unpaired) electrons. The normalized spacial score (nSPS) is 18.5. The highest BCUT2D eigenvalue weighted by atomic mass is 32.2. The molecule has 1 unspecified atom stereocenters. The van der Waals surface area contributed by atoms with Crippen LogP contribution in [-0.4, -0.2) is 39.5 Å². The number of nitrogens with zero attached hydrogens (tertiary/aromatic N) is 3. The number of hydrogen-bond donors (Lipinski definition) is 1. The van der Waals surface area contributed by atoms with Crippen LogP contribution in [0.25, 0.3) is 0 Å². The van der Waals surface area contributed by atoms with Gasteiger partial charge in [-0.25, -0.2) is 9.37 Å². The molecule has 0 saturated carbocycles. The van der Waals surface area contributed by atoms with Gasteiger partial charge in [-0.1, -0.05) is 23.8 Å². The zero-order valence-electron chi connectivity index (χ0n) is 17.9. The second-order valence-corrected chi connectivity index (χ2v) is 9.71. The molecule has 8 heteroatoms. The van der Waals surface area contributed by atoms with Crippen LogP contribution in [0.1, 0.15) is 24.1 Å². The molecule has 32 heavy (non-hydrogen) atoms. The number of piperidine rings is 1. The fourth-order valence-corrected chi connectivity index (χ4v) is 5.40. The molecule has 0 aliphatic carbocycles. The second-order valence-electron chi connectivity index (χ2n) is 8.20. The summed E-state index contributed by atoms with van der Waals surface area (Å²) < 4.78 is 32.3. The van der Waals surface area contributed by atoms with Crippen LogP contribution in [0.4, 0.5) is 21.8 Å². The van der Waals surface area contributed by atoms with Gasteiger partial charge in [-0.05, 0) is 48.4 Å². The van der Waals surface area contributed by atoms with Gasteiger partial charge in [0.2, 0.25) is 10.8 Å². The number of halogens is 1. The number of anilines is 3. The summed E-state index contributed by atoms with van der Waals surface area (Å²) in [5.74, 6) is 2.22. The van der Waals surface area contributed by atoms with Crippen molar-refractivity contribution in [2.75, 3.05) is 29.1 Å². The number of ether oxygens (including phenoxy) is 1. The molecular weight excluding hydrogens is 427 g/mol. The first kappa shape index (κ1) is 21.0. The fourth-order valence-electron chi connectivity index (χ4n) is 4.10. The van der Waals surface area contributed by atoms with E-state index < -0.39 is 11.2 Å². The van der Waals surface area contributed by atoms with Gasteiger partial charge in [0.15, 0.2) is 5.82 Å². The van der Waals surface area contributed by atoms with E-state index in [1.807, 2.05) is 12.1 Å². The zero-order valence-corrected chi connectivity index (χ0v) is 18.7. The Morgan fingerprint density at radius 3 is 2.66 bits per heavy atom. The third kappa shape index (κ3) is 4.52. The Labute approximate surface area is 190 Å². The number of rotatable bonds is 5. The largest absolute Gasteiger partial charge is 0.611 e. The molecule has 0 amide bonds. The van der Waals surface area contributed by atoms with Gasteiger partial charge in [0.1, 0.15) is 29.1 Å². The molecule has 5 rings (SSSR count). The fraction of sp³-hybridized carbons (Fsp3) is 0.333. The second kappa shape index (κ2) is 8.96. The van der Waals surface area contributed by atoms with Gasteiger partial charge in [0.05, 0.1) is 0 Å². The lowest BCUT2D eigenvalue weighted by molar-refractivity contribution is 0.170. The topological polar surface area (TPSA) is 73.3 Å². The monoisotopic (exact) mass is 452 g/mol. The number of hydrogen-bond acceptors (Lipinski definition) is 6. The molecule has 3 aromatic rings. The average Bonchev–Trinajstić information content (AvgIpc) is 3.17. The predicted molar refractivity (Wildman–Crippen MR) is 124 cm³/mol. The van der Waals surface area contributed by atoms with Crippen molar-refractivity contribution in [1.82, 2.24) is 9.97 Å². The molecule has 1 saturated heterocycles. The van der Waals surface area contributed by atoms with Gasteiger partial charge in [0, 0.05) is 38.0 Å². The highest BCUT2D eigenvalue weighted by molar-refractivity contribution is 7.91. The third-order valence-corrected chi connectivity index (χ3v) is 7.27. The van der Waals surface area contributed by atoms with E-state index in [1.165, 1.54) is 17.7 Å². The van der Waals surface area contributed by atoms with Crippen molar-refractivity contribution in [3.05, 3.63) is 65.6 Å². The van der Waals surface area contributed by atoms with E-state index >= 15 is 0 Å². The molecule has 1 aromatic heterocycles. The van der Waals surface area contributed by atoms with Crippen LogP contribution in [0, 0.1) is 12.7 Å². The van der Waals surface area contributed by atoms with Crippen molar-refractivity contribution in [3.63, 3.8) is 0 Å². The molecule has 166 valence electrons. The van der Waals surface area contributed by atoms with Crippen molar-refractivity contribution in [3.8, 4) is 5.75 Å². The minimum Gasteiger partial charge on any atom is -0.611 e. The summed E-state index contributed by atoms with van der Waals surface area (Å²) in [6.45, 7) is 3.61. The van der Waals surface area contributed by atoms with E-state index in [-0.39, 0.29) is 11.9 Å². The van der Waals surface area contributed by atoms with Crippen molar-refractivity contribution in [2.24, 2.45) is 0 Å². The van der Waals surface area contributed by atoms with Crippen LogP contribution in [0.2, 0.25) is 0 Å². The quantitative estimate of drug-likeness (QED) is 0.579. The molecule has 2 aliphatic rings. The number of fused-ring (bicyclic) bond motifs is 1. The molecule has 0 bridgehead atoms. The van der Waals surface area contributed by atoms with Gasteiger partial charge in [-0.2, -0.15) is 4.98 Å². The third-order valence-electron chi connectivity index (χ3n) is 5.81. The van der Waals surface area contributed by atoms with Gasteiger partial charge in [-0.15, -0.1) is 0 Å². The Kier molecular flexibility index (Phi) is 5.89. The van der Waals surface area contributed by atoms with Crippen LogP contribution in [0.3, 0.4) is 0 Å². The Hall–Kier alpha value is -2.84. The Bertz CT molecular complexity index is 1100. The van der Waals surface area contributed by atoms with Crippen LogP contribution < -0.4 is 15.0 Å². The predicted octanol–water partition coefficient (Wildman–Crippen LogP) is 4.38. The smallest absolute Gasteiger partial charge is 0.227 e. The minimum atomic E-state index is -1.15. The molecule has 2 aromatic carbocycles. The van der Waals surface area contributed by atoms with Gasteiger partial charge in [-0.3, -0.25) is 0 Å². The molecule has 1 fully saturated rings. The molecular formula is C24H25FN4O2S. The van der Waals surface area contributed by atoms with Crippen LogP contribution >= 0.6 is 0 Å². The summed E-state index contributed by atoms with van der Waals surface area (Å²) >= 11 is -1.15. The standard InChI is InChI=1S/C24H25FN4O2S/c1-16-5-7-19(8-6-16)31-20-9-12-29(13-10-20)24-27-21-11-14-32(30)22(21)23(28-24)26-18-4-2-3-17(25)15-18/h2-8,15,20H,9-14H2,1H3,(H,26,27,28). The molecule has 6 nitrogen and oxygen atoms in total. The summed E-state index contributed by atoms with van der Waals surface area (Å²) in [5, 5.41) is 3.17. The van der Waals surface area contributed by atoms with E-state index in [9.17, 15) is 8.94 Å². The molecule has 3 heterocycles. The minimum absolute atomic E-state index is 0.153. The summed E-state index contributed by atoms with van der Waals surface area (Å²) in [6.07, 6.45) is 2.54.